The van der Waals surface area contributed by atoms with Crippen LogP contribution >= 0.6 is 7.52 Å². The van der Waals surface area contributed by atoms with Gasteiger partial charge in [-0.2, -0.15) is 0 Å². The molecule has 2 atom stereocenters. The van der Waals surface area contributed by atoms with E-state index in [0.717, 1.165) is 10.8 Å². The minimum absolute atomic E-state index is 0.121. The third kappa shape index (κ3) is 3.96. The van der Waals surface area contributed by atoms with Crippen LogP contribution < -0.4 is 5.09 Å². The molecule has 0 heterocycles. The molecule has 27 heavy (non-hydrogen) atoms. The standard InChI is InChI=1S/C21H22NO4P/c1-2-21(20(23)24,19-14-8-12-17-11-6-7-13-18(17)19)22-27(25,26)15-16-9-4-3-5-10-16/h3-14H,2,15H2,1H3,(H,23,24)(H2,22,25,26). The Bertz CT molecular complexity index is 1000. The van der Waals surface area contributed by atoms with E-state index in [0.29, 0.717) is 11.1 Å². The van der Waals surface area contributed by atoms with Crippen LogP contribution in [-0.4, -0.2) is 16.0 Å². The van der Waals surface area contributed by atoms with Crippen LogP contribution in [0.25, 0.3) is 10.8 Å². The Morgan fingerprint density at radius 3 is 2.30 bits per heavy atom. The molecule has 0 bridgehead atoms. The number of nitrogens with one attached hydrogen (secondary N) is 1. The van der Waals surface area contributed by atoms with Crippen molar-refractivity contribution in [3.05, 3.63) is 83.9 Å². The highest BCUT2D eigenvalue weighted by atomic mass is 31.2. The molecule has 3 aromatic carbocycles. The van der Waals surface area contributed by atoms with Crippen molar-refractivity contribution in [3.63, 3.8) is 0 Å². The summed E-state index contributed by atoms with van der Waals surface area (Å²) < 4.78 is 13.0. The van der Waals surface area contributed by atoms with Gasteiger partial charge in [0.25, 0.3) is 7.52 Å². The molecule has 2 unspecified atom stereocenters. The lowest BCUT2D eigenvalue weighted by atomic mass is 9.85. The van der Waals surface area contributed by atoms with Crippen molar-refractivity contribution < 1.29 is 19.4 Å². The summed E-state index contributed by atoms with van der Waals surface area (Å²) >= 11 is 0. The van der Waals surface area contributed by atoms with Gasteiger partial charge in [-0.15, -0.1) is 0 Å². The molecule has 0 radical (unpaired) electrons. The molecular weight excluding hydrogens is 361 g/mol. The molecule has 0 aromatic heterocycles. The fourth-order valence-electron chi connectivity index (χ4n) is 3.41. The predicted octanol–water partition coefficient (Wildman–Crippen LogP) is 4.50. The Hall–Kier alpha value is -2.46. The summed E-state index contributed by atoms with van der Waals surface area (Å²) in [6.45, 7) is 1.70. The van der Waals surface area contributed by atoms with Gasteiger partial charge in [0.15, 0.2) is 0 Å². The summed E-state index contributed by atoms with van der Waals surface area (Å²) in [6.07, 6.45) is -0.0245. The first-order valence-electron chi connectivity index (χ1n) is 8.75. The molecule has 6 heteroatoms. The average Bonchev–Trinajstić information content (AvgIpc) is 2.66. The number of carbonyl (C=O) groups is 1. The Morgan fingerprint density at radius 1 is 1.00 bits per heavy atom. The van der Waals surface area contributed by atoms with Gasteiger partial charge >= 0.3 is 5.97 Å². The molecule has 3 N–H and O–H groups in total. The lowest BCUT2D eigenvalue weighted by Crippen LogP contribution is -2.47. The fourth-order valence-corrected chi connectivity index (χ4v) is 5.17. The largest absolute Gasteiger partial charge is 0.480 e. The minimum atomic E-state index is -3.98. The van der Waals surface area contributed by atoms with Crippen LogP contribution in [0.4, 0.5) is 0 Å². The topological polar surface area (TPSA) is 86.6 Å². The number of hydrogen-bond acceptors (Lipinski definition) is 2. The summed E-state index contributed by atoms with van der Waals surface area (Å²) in [4.78, 5) is 22.9. The lowest BCUT2D eigenvalue weighted by molar-refractivity contribution is -0.144. The first-order chi connectivity index (χ1) is 12.9. The quantitative estimate of drug-likeness (QED) is 0.523. The molecule has 0 saturated carbocycles. The molecule has 3 aromatic rings. The van der Waals surface area contributed by atoms with Crippen LogP contribution in [0.15, 0.2) is 72.8 Å². The van der Waals surface area contributed by atoms with Crippen molar-refractivity contribution in [1.82, 2.24) is 5.09 Å². The van der Waals surface area contributed by atoms with Crippen molar-refractivity contribution >= 4 is 24.3 Å². The highest BCUT2D eigenvalue weighted by molar-refractivity contribution is 7.55. The first kappa shape index (κ1) is 19.3. The molecule has 140 valence electrons. The van der Waals surface area contributed by atoms with E-state index in [2.05, 4.69) is 5.09 Å². The Kier molecular flexibility index (Phi) is 5.47. The molecular formula is C21H22NO4P. The smallest absolute Gasteiger partial charge is 0.329 e. The van der Waals surface area contributed by atoms with Gasteiger partial charge in [0.1, 0.15) is 5.54 Å². The SMILES string of the molecule is CCC(NP(=O)(O)Cc1ccccc1)(C(=O)O)c1cccc2ccccc12. The van der Waals surface area contributed by atoms with E-state index in [1.165, 1.54) is 0 Å². The van der Waals surface area contributed by atoms with Crippen LogP contribution in [0.3, 0.4) is 0 Å². The molecule has 0 amide bonds. The summed E-state index contributed by atoms with van der Waals surface area (Å²) in [6, 6.07) is 21.7. The van der Waals surface area contributed by atoms with Crippen LogP contribution in [0.1, 0.15) is 24.5 Å². The van der Waals surface area contributed by atoms with Crippen molar-refractivity contribution in [1.29, 1.82) is 0 Å². The Labute approximate surface area is 158 Å². The monoisotopic (exact) mass is 383 g/mol. The van der Waals surface area contributed by atoms with E-state index < -0.39 is 19.0 Å². The average molecular weight is 383 g/mol. The molecule has 0 aliphatic rings. The van der Waals surface area contributed by atoms with Crippen molar-refractivity contribution in [3.8, 4) is 0 Å². The zero-order valence-electron chi connectivity index (χ0n) is 15.0. The van der Waals surface area contributed by atoms with Gasteiger partial charge in [0.2, 0.25) is 0 Å². The number of aliphatic carboxylic acids is 1. The minimum Gasteiger partial charge on any atom is -0.480 e. The number of rotatable bonds is 7. The summed E-state index contributed by atoms with van der Waals surface area (Å²) in [7, 11) is -3.98. The zero-order valence-corrected chi connectivity index (χ0v) is 15.9. The predicted molar refractivity (Wildman–Crippen MR) is 107 cm³/mol. The molecule has 0 saturated heterocycles. The number of carboxylic acids is 1. The van der Waals surface area contributed by atoms with E-state index in [1.807, 2.05) is 36.4 Å². The zero-order chi connectivity index (χ0) is 19.5. The van der Waals surface area contributed by atoms with Crippen molar-refractivity contribution in [2.24, 2.45) is 0 Å². The van der Waals surface area contributed by atoms with Crippen LogP contribution in [-0.2, 0) is 21.1 Å². The van der Waals surface area contributed by atoms with Crippen molar-refractivity contribution in [2.45, 2.75) is 25.0 Å². The number of fused-ring (bicyclic) bond motifs is 1. The number of hydrogen-bond donors (Lipinski definition) is 3. The highest BCUT2D eigenvalue weighted by Crippen LogP contribution is 2.46. The summed E-state index contributed by atoms with van der Waals surface area (Å²) in [5, 5.41) is 14.3. The van der Waals surface area contributed by atoms with Crippen LogP contribution in [0.5, 0.6) is 0 Å². The molecule has 0 aliphatic carbocycles. The summed E-state index contributed by atoms with van der Waals surface area (Å²) in [5.74, 6) is -1.18. The van der Waals surface area contributed by atoms with Gasteiger partial charge in [-0.25, -0.2) is 9.88 Å². The lowest BCUT2D eigenvalue weighted by Gasteiger charge is -2.33. The maximum absolute atomic E-state index is 13.0. The Morgan fingerprint density at radius 2 is 1.63 bits per heavy atom. The number of benzene rings is 3. The normalized spacial score (nSPS) is 15.8. The van der Waals surface area contributed by atoms with Crippen molar-refractivity contribution in [2.75, 3.05) is 0 Å². The third-order valence-electron chi connectivity index (χ3n) is 4.75. The van der Waals surface area contributed by atoms with Gasteiger partial charge in [0, 0.05) is 0 Å². The molecule has 3 rings (SSSR count). The van der Waals surface area contributed by atoms with Gasteiger partial charge in [-0.3, -0.25) is 4.57 Å². The van der Waals surface area contributed by atoms with Gasteiger partial charge in [-0.05, 0) is 28.3 Å². The maximum Gasteiger partial charge on any atom is 0.329 e. The highest BCUT2D eigenvalue weighted by Gasteiger charge is 2.44. The van der Waals surface area contributed by atoms with Gasteiger partial charge in [0.05, 0.1) is 6.16 Å². The van der Waals surface area contributed by atoms with E-state index in [4.69, 9.17) is 0 Å². The second kappa shape index (κ2) is 7.65. The third-order valence-corrected chi connectivity index (χ3v) is 6.28. The molecule has 0 aliphatic heterocycles. The second-order valence-electron chi connectivity index (χ2n) is 6.55. The molecule has 5 nitrogen and oxygen atoms in total. The fraction of sp³-hybridized carbons (Fsp3) is 0.190. The van der Waals surface area contributed by atoms with Gasteiger partial charge < -0.3 is 10.00 Å². The maximum atomic E-state index is 13.0. The van der Waals surface area contributed by atoms with E-state index in [9.17, 15) is 19.4 Å². The van der Waals surface area contributed by atoms with E-state index in [1.54, 1.807) is 43.3 Å². The number of carboxylic acid groups (broad SMARTS) is 1. The molecule has 0 spiro atoms. The second-order valence-corrected chi connectivity index (χ2v) is 8.49. The Balaban J connectivity index is 2.08. The van der Waals surface area contributed by atoms with Crippen LogP contribution in [0, 0.1) is 0 Å². The molecule has 0 fully saturated rings. The van der Waals surface area contributed by atoms with Gasteiger partial charge in [-0.1, -0.05) is 79.7 Å². The van der Waals surface area contributed by atoms with E-state index >= 15 is 0 Å². The van der Waals surface area contributed by atoms with E-state index in [-0.39, 0.29) is 12.6 Å². The first-order valence-corrected chi connectivity index (χ1v) is 10.6. The summed E-state index contributed by atoms with van der Waals surface area (Å²) in [5.41, 5.74) is -0.512. The van der Waals surface area contributed by atoms with Crippen LogP contribution in [0.2, 0.25) is 0 Å².